The van der Waals surface area contributed by atoms with Crippen molar-refractivity contribution in [2.75, 3.05) is 19.8 Å². The van der Waals surface area contributed by atoms with Crippen LogP contribution in [0.1, 0.15) is 43.5 Å². The number of hydrogen-bond donors (Lipinski definition) is 3. The summed E-state index contributed by atoms with van der Waals surface area (Å²) in [5.41, 5.74) is 5.20. The molecule has 0 aliphatic carbocycles. The van der Waals surface area contributed by atoms with Crippen LogP contribution in [0.25, 0.3) is 0 Å². The molecule has 0 bridgehead atoms. The molecule has 1 aromatic rings. The molecule has 1 aromatic carbocycles. The number of nitrogens with one attached hydrogen (secondary N) is 3. The highest BCUT2D eigenvalue weighted by Gasteiger charge is 2.09. The Balaban J connectivity index is 2.36. The average Bonchev–Trinajstić information content (AvgIpc) is 2.62. The van der Waals surface area contributed by atoms with Gasteiger partial charge in [0.2, 0.25) is 0 Å². The van der Waals surface area contributed by atoms with E-state index in [0.29, 0.717) is 18.8 Å². The van der Waals surface area contributed by atoms with Gasteiger partial charge in [0, 0.05) is 12.2 Å². The minimum absolute atomic E-state index is 0.00487. The van der Waals surface area contributed by atoms with Gasteiger partial charge in [-0.2, -0.15) is 0 Å². The quantitative estimate of drug-likeness (QED) is 0.351. The summed E-state index contributed by atoms with van der Waals surface area (Å²) in [5, 5.41) is 2.47. The van der Waals surface area contributed by atoms with Gasteiger partial charge in [-0.05, 0) is 49.8 Å². The molecule has 0 aliphatic heterocycles. The zero-order valence-corrected chi connectivity index (χ0v) is 15.4. The van der Waals surface area contributed by atoms with Crippen molar-refractivity contribution in [3.8, 4) is 5.75 Å². The predicted molar refractivity (Wildman–Crippen MR) is 99.3 cm³/mol. The number of rotatable bonds is 9. The van der Waals surface area contributed by atoms with Crippen molar-refractivity contribution in [2.45, 2.75) is 33.1 Å². The van der Waals surface area contributed by atoms with E-state index in [1.807, 2.05) is 0 Å². The zero-order chi connectivity index (χ0) is 18.5. The first-order valence-electron chi connectivity index (χ1n) is 8.27. The molecule has 25 heavy (non-hydrogen) atoms. The Hall–Kier alpha value is -2.19. The topological polar surface area (TPSA) is 88.7 Å². The van der Waals surface area contributed by atoms with Gasteiger partial charge in [0.05, 0.1) is 6.61 Å². The van der Waals surface area contributed by atoms with Gasteiger partial charge in [-0.3, -0.25) is 25.8 Å². The van der Waals surface area contributed by atoms with Gasteiger partial charge in [0.15, 0.2) is 5.11 Å². The molecule has 2 amide bonds. The minimum Gasteiger partial charge on any atom is -0.494 e. The van der Waals surface area contributed by atoms with E-state index in [2.05, 4.69) is 23.1 Å². The fraction of sp³-hybridized carbons (Fsp3) is 0.471. The molecule has 0 aliphatic rings. The van der Waals surface area contributed by atoms with Crippen molar-refractivity contribution in [2.24, 2.45) is 0 Å². The molecule has 1 rings (SSSR count). The van der Waals surface area contributed by atoms with Crippen LogP contribution in [0.4, 0.5) is 0 Å². The molecule has 138 valence electrons. The normalized spacial score (nSPS) is 10.0. The number of carbonyl (C=O) groups is 2. The van der Waals surface area contributed by atoms with Crippen LogP contribution in [0.5, 0.6) is 5.75 Å². The maximum absolute atomic E-state index is 12.1. The van der Waals surface area contributed by atoms with E-state index < -0.39 is 0 Å². The van der Waals surface area contributed by atoms with Crippen LogP contribution in [0.2, 0.25) is 0 Å². The number of benzene rings is 1. The highest BCUT2D eigenvalue weighted by Crippen LogP contribution is 2.12. The first-order chi connectivity index (χ1) is 12.1. The molecular weight excluding hydrogens is 342 g/mol. The summed E-state index contributed by atoms with van der Waals surface area (Å²) < 4.78 is 10.5. The van der Waals surface area contributed by atoms with Crippen molar-refractivity contribution in [1.82, 2.24) is 16.2 Å². The van der Waals surface area contributed by atoms with Crippen LogP contribution >= 0.6 is 12.2 Å². The summed E-state index contributed by atoms with van der Waals surface area (Å²) in [4.78, 5) is 23.4. The summed E-state index contributed by atoms with van der Waals surface area (Å²) in [6.45, 7) is 4.94. The second-order valence-corrected chi connectivity index (χ2v) is 5.58. The van der Waals surface area contributed by atoms with Gasteiger partial charge in [-0.25, -0.2) is 0 Å². The number of unbranched alkanes of at least 4 members (excludes halogenated alkanes) is 2. The van der Waals surface area contributed by atoms with E-state index in [1.54, 1.807) is 31.2 Å². The average molecular weight is 367 g/mol. The van der Waals surface area contributed by atoms with E-state index in [4.69, 9.17) is 21.7 Å². The van der Waals surface area contributed by atoms with E-state index >= 15 is 0 Å². The third kappa shape index (κ3) is 9.02. The van der Waals surface area contributed by atoms with Crippen LogP contribution in [0.15, 0.2) is 24.3 Å². The number of carbonyl (C=O) groups excluding carboxylic acids is 2. The molecule has 0 atom stereocenters. The Morgan fingerprint density at radius 2 is 1.80 bits per heavy atom. The standard InChI is InChI=1S/C17H25N3O4S/c1-3-5-6-11-24-14-9-7-13(8-10-14)16(22)18-17(25)20-19-15(21)12-23-4-2/h7-10H,3-6,11-12H2,1-2H3,(H,19,21)(H2,18,20,22,25). The molecule has 0 saturated heterocycles. The van der Waals surface area contributed by atoms with Crippen molar-refractivity contribution >= 4 is 29.1 Å². The van der Waals surface area contributed by atoms with E-state index in [-0.39, 0.29) is 23.5 Å². The van der Waals surface area contributed by atoms with Crippen molar-refractivity contribution in [3.63, 3.8) is 0 Å². The molecule has 0 spiro atoms. The lowest BCUT2D eigenvalue weighted by atomic mass is 10.2. The van der Waals surface area contributed by atoms with Gasteiger partial charge in [-0.15, -0.1) is 0 Å². The Morgan fingerprint density at radius 3 is 2.44 bits per heavy atom. The second kappa shape index (κ2) is 12.2. The van der Waals surface area contributed by atoms with Gasteiger partial charge in [0.1, 0.15) is 12.4 Å². The molecule has 0 fully saturated rings. The van der Waals surface area contributed by atoms with Crippen molar-refractivity contribution in [3.05, 3.63) is 29.8 Å². The Bertz CT molecular complexity index is 564. The van der Waals surface area contributed by atoms with Crippen molar-refractivity contribution in [1.29, 1.82) is 0 Å². The monoisotopic (exact) mass is 367 g/mol. The molecule has 0 heterocycles. The van der Waals surface area contributed by atoms with Crippen molar-refractivity contribution < 1.29 is 19.1 Å². The van der Waals surface area contributed by atoms with Crippen LogP contribution in [0, 0.1) is 0 Å². The smallest absolute Gasteiger partial charge is 0.264 e. The van der Waals surface area contributed by atoms with E-state index in [9.17, 15) is 9.59 Å². The fourth-order valence-corrected chi connectivity index (χ4v) is 1.95. The Morgan fingerprint density at radius 1 is 1.08 bits per heavy atom. The zero-order valence-electron chi connectivity index (χ0n) is 14.6. The largest absolute Gasteiger partial charge is 0.494 e. The van der Waals surface area contributed by atoms with Gasteiger partial charge in [-0.1, -0.05) is 19.8 Å². The van der Waals surface area contributed by atoms with Gasteiger partial charge < -0.3 is 9.47 Å². The third-order valence-corrected chi connectivity index (χ3v) is 3.32. The fourth-order valence-electron chi connectivity index (χ4n) is 1.81. The number of ether oxygens (including phenoxy) is 2. The molecule has 7 nitrogen and oxygen atoms in total. The first kappa shape index (κ1) is 20.9. The maximum Gasteiger partial charge on any atom is 0.264 e. The maximum atomic E-state index is 12.1. The first-order valence-corrected chi connectivity index (χ1v) is 8.68. The van der Waals surface area contributed by atoms with E-state index in [0.717, 1.165) is 25.0 Å². The number of hydrogen-bond acceptors (Lipinski definition) is 5. The summed E-state index contributed by atoms with van der Waals surface area (Å²) >= 11 is 4.95. The Labute approximate surface area is 153 Å². The van der Waals surface area contributed by atoms with Crippen LogP contribution < -0.4 is 20.9 Å². The van der Waals surface area contributed by atoms with Crippen LogP contribution in [0.3, 0.4) is 0 Å². The van der Waals surface area contributed by atoms with E-state index in [1.165, 1.54) is 0 Å². The molecule has 0 unspecified atom stereocenters. The summed E-state index contributed by atoms with van der Waals surface area (Å²) in [7, 11) is 0. The van der Waals surface area contributed by atoms with Crippen LogP contribution in [-0.2, 0) is 9.53 Å². The molecule has 3 N–H and O–H groups in total. The molecular formula is C17H25N3O4S. The third-order valence-electron chi connectivity index (χ3n) is 3.11. The van der Waals surface area contributed by atoms with Gasteiger partial charge in [0.25, 0.3) is 11.8 Å². The number of amides is 2. The predicted octanol–water partition coefficient (Wildman–Crippen LogP) is 1.93. The summed E-state index contributed by atoms with van der Waals surface area (Å²) in [5.74, 6) is -0.0475. The van der Waals surface area contributed by atoms with Crippen LogP contribution in [-0.4, -0.2) is 36.7 Å². The number of hydrazine groups is 1. The number of thiocarbonyl (C=S) groups is 1. The second-order valence-electron chi connectivity index (χ2n) is 5.17. The highest BCUT2D eigenvalue weighted by molar-refractivity contribution is 7.80. The van der Waals surface area contributed by atoms with Gasteiger partial charge >= 0.3 is 0 Å². The summed E-state index contributed by atoms with van der Waals surface area (Å²) in [6, 6.07) is 6.78. The molecule has 8 heteroatoms. The Kier molecular flexibility index (Phi) is 10.2. The lowest BCUT2D eigenvalue weighted by molar-refractivity contribution is -0.126. The molecule has 0 radical (unpaired) electrons. The summed E-state index contributed by atoms with van der Waals surface area (Å²) in [6.07, 6.45) is 3.28. The highest BCUT2D eigenvalue weighted by atomic mass is 32.1. The minimum atomic E-state index is -0.386. The lowest BCUT2D eigenvalue weighted by Gasteiger charge is -2.11. The lowest BCUT2D eigenvalue weighted by Crippen LogP contribution is -2.49. The SMILES string of the molecule is CCCCCOc1ccc(C(=O)NC(=S)NNC(=O)COCC)cc1. The molecule has 0 aromatic heterocycles. The molecule has 0 saturated carbocycles.